The van der Waals surface area contributed by atoms with E-state index in [1.54, 1.807) is 42.9 Å². The number of aromatic nitrogens is 2. The summed E-state index contributed by atoms with van der Waals surface area (Å²) in [6.45, 7) is 2.56. The summed E-state index contributed by atoms with van der Waals surface area (Å²) >= 11 is 0. The molecule has 0 spiro atoms. The average Bonchev–Trinajstić information content (AvgIpc) is 3.16. The van der Waals surface area contributed by atoms with Gasteiger partial charge in [0.15, 0.2) is 0 Å². The molecule has 0 unspecified atom stereocenters. The number of hydrogen-bond acceptors (Lipinski definition) is 4. The molecule has 2 aromatic carbocycles. The number of esters is 1. The molecule has 0 bridgehead atoms. The molecule has 132 valence electrons. The highest BCUT2D eigenvalue weighted by Gasteiger charge is 2.11. The maximum absolute atomic E-state index is 12.5. The second-order valence-electron chi connectivity index (χ2n) is 5.91. The molecule has 6 nitrogen and oxygen atoms in total. The van der Waals surface area contributed by atoms with Crippen LogP contribution < -0.4 is 5.32 Å². The number of aryl methyl sites for hydroxylation is 1. The van der Waals surface area contributed by atoms with Gasteiger partial charge in [0.25, 0.3) is 5.91 Å². The molecule has 3 aromatic rings. The van der Waals surface area contributed by atoms with Gasteiger partial charge in [-0.25, -0.2) is 9.78 Å². The standard InChI is InChI=1S/C20H19N3O3/c1-14-3-6-17(20(25)26-2)11-18(14)22-19(24)16-7-4-15(5-8-16)12-23-10-9-21-13-23/h3-11,13H,12H2,1-2H3,(H,22,24). The van der Waals surface area contributed by atoms with Crippen molar-refractivity contribution in [3.8, 4) is 0 Å². The molecule has 0 saturated carbocycles. The van der Waals surface area contributed by atoms with Crippen LogP contribution in [0.1, 0.15) is 31.8 Å². The Balaban J connectivity index is 1.72. The van der Waals surface area contributed by atoms with Crippen LogP contribution in [-0.2, 0) is 11.3 Å². The van der Waals surface area contributed by atoms with Crippen molar-refractivity contribution in [1.82, 2.24) is 9.55 Å². The normalized spacial score (nSPS) is 10.4. The lowest BCUT2D eigenvalue weighted by Crippen LogP contribution is -2.14. The van der Waals surface area contributed by atoms with E-state index in [9.17, 15) is 9.59 Å². The number of ether oxygens (including phenoxy) is 1. The zero-order chi connectivity index (χ0) is 18.5. The lowest BCUT2D eigenvalue weighted by atomic mass is 10.1. The fourth-order valence-corrected chi connectivity index (χ4v) is 2.55. The predicted octanol–water partition coefficient (Wildman–Crippen LogP) is 3.28. The molecule has 0 atom stereocenters. The Labute approximate surface area is 151 Å². The Bertz CT molecular complexity index is 916. The van der Waals surface area contributed by atoms with Crippen LogP contribution in [0, 0.1) is 6.92 Å². The van der Waals surface area contributed by atoms with Crippen LogP contribution in [0.4, 0.5) is 5.69 Å². The lowest BCUT2D eigenvalue weighted by Gasteiger charge is -2.10. The first kappa shape index (κ1) is 17.4. The van der Waals surface area contributed by atoms with Gasteiger partial charge in [0, 0.05) is 30.2 Å². The highest BCUT2D eigenvalue weighted by atomic mass is 16.5. The summed E-state index contributed by atoms with van der Waals surface area (Å²) in [5.74, 6) is -0.673. The van der Waals surface area contributed by atoms with Gasteiger partial charge < -0.3 is 14.6 Å². The van der Waals surface area contributed by atoms with Crippen LogP contribution in [0.5, 0.6) is 0 Å². The molecule has 26 heavy (non-hydrogen) atoms. The molecular formula is C20H19N3O3. The number of rotatable bonds is 5. The van der Waals surface area contributed by atoms with E-state index in [0.29, 0.717) is 23.4 Å². The summed E-state index contributed by atoms with van der Waals surface area (Å²) in [6.07, 6.45) is 5.36. The van der Waals surface area contributed by atoms with Gasteiger partial charge in [0.05, 0.1) is 19.0 Å². The number of methoxy groups -OCH3 is 1. The van der Waals surface area contributed by atoms with E-state index in [1.807, 2.05) is 29.8 Å². The Morgan fingerprint density at radius 1 is 1.12 bits per heavy atom. The first-order chi connectivity index (χ1) is 12.6. The average molecular weight is 349 g/mol. The van der Waals surface area contributed by atoms with Gasteiger partial charge in [-0.05, 0) is 42.3 Å². The van der Waals surface area contributed by atoms with Gasteiger partial charge in [-0.15, -0.1) is 0 Å². The number of anilines is 1. The maximum Gasteiger partial charge on any atom is 0.337 e. The van der Waals surface area contributed by atoms with Crippen molar-refractivity contribution in [1.29, 1.82) is 0 Å². The van der Waals surface area contributed by atoms with Gasteiger partial charge in [-0.3, -0.25) is 4.79 Å². The van der Waals surface area contributed by atoms with Crippen LogP contribution in [0.25, 0.3) is 0 Å². The van der Waals surface area contributed by atoms with E-state index in [4.69, 9.17) is 4.74 Å². The summed E-state index contributed by atoms with van der Waals surface area (Å²) < 4.78 is 6.67. The number of imidazole rings is 1. The van der Waals surface area contributed by atoms with Crippen molar-refractivity contribution < 1.29 is 14.3 Å². The number of amides is 1. The zero-order valence-corrected chi connectivity index (χ0v) is 14.6. The molecule has 3 rings (SSSR count). The summed E-state index contributed by atoms with van der Waals surface area (Å²) in [6, 6.07) is 12.4. The van der Waals surface area contributed by atoms with E-state index in [-0.39, 0.29) is 5.91 Å². The molecule has 1 heterocycles. The topological polar surface area (TPSA) is 73.2 Å². The number of nitrogens with one attached hydrogen (secondary N) is 1. The van der Waals surface area contributed by atoms with Gasteiger partial charge in [-0.2, -0.15) is 0 Å². The molecule has 0 aliphatic heterocycles. The van der Waals surface area contributed by atoms with E-state index in [0.717, 1.165) is 11.1 Å². The van der Waals surface area contributed by atoms with Gasteiger partial charge >= 0.3 is 5.97 Å². The molecule has 1 amide bonds. The molecule has 1 aromatic heterocycles. The lowest BCUT2D eigenvalue weighted by molar-refractivity contribution is 0.0600. The fraction of sp³-hybridized carbons (Fsp3) is 0.150. The number of nitrogens with zero attached hydrogens (tertiary/aromatic N) is 2. The first-order valence-electron chi connectivity index (χ1n) is 8.12. The number of carbonyl (C=O) groups excluding carboxylic acids is 2. The molecular weight excluding hydrogens is 330 g/mol. The van der Waals surface area contributed by atoms with Crippen LogP contribution in [0.15, 0.2) is 61.2 Å². The fourth-order valence-electron chi connectivity index (χ4n) is 2.55. The number of hydrogen-bond donors (Lipinski definition) is 1. The molecule has 1 N–H and O–H groups in total. The van der Waals surface area contributed by atoms with Crippen LogP contribution >= 0.6 is 0 Å². The molecule has 0 aliphatic rings. The van der Waals surface area contributed by atoms with E-state index < -0.39 is 5.97 Å². The minimum atomic E-state index is -0.440. The second kappa shape index (κ2) is 7.65. The van der Waals surface area contributed by atoms with Crippen molar-refractivity contribution in [2.45, 2.75) is 13.5 Å². The molecule has 6 heteroatoms. The Kier molecular flexibility index (Phi) is 5.12. The molecule has 0 saturated heterocycles. The third-order valence-corrected chi connectivity index (χ3v) is 4.05. The summed E-state index contributed by atoms with van der Waals surface area (Å²) in [4.78, 5) is 28.2. The van der Waals surface area contributed by atoms with Crippen molar-refractivity contribution >= 4 is 17.6 Å². The minimum absolute atomic E-state index is 0.232. The van der Waals surface area contributed by atoms with Gasteiger partial charge in [0.1, 0.15) is 0 Å². The van der Waals surface area contributed by atoms with Crippen molar-refractivity contribution in [2.24, 2.45) is 0 Å². The minimum Gasteiger partial charge on any atom is -0.465 e. The van der Waals surface area contributed by atoms with Crippen molar-refractivity contribution in [3.05, 3.63) is 83.4 Å². The Morgan fingerprint density at radius 3 is 2.50 bits per heavy atom. The second-order valence-corrected chi connectivity index (χ2v) is 5.91. The molecule has 0 radical (unpaired) electrons. The van der Waals surface area contributed by atoms with Gasteiger partial charge in [-0.1, -0.05) is 18.2 Å². The van der Waals surface area contributed by atoms with Crippen LogP contribution in [0.3, 0.4) is 0 Å². The van der Waals surface area contributed by atoms with E-state index >= 15 is 0 Å². The van der Waals surface area contributed by atoms with Crippen LogP contribution in [-0.4, -0.2) is 28.5 Å². The monoisotopic (exact) mass is 349 g/mol. The first-order valence-corrected chi connectivity index (χ1v) is 8.12. The smallest absolute Gasteiger partial charge is 0.337 e. The number of carbonyl (C=O) groups is 2. The summed E-state index contributed by atoms with van der Waals surface area (Å²) in [5, 5.41) is 2.85. The Hall–Kier alpha value is -3.41. The zero-order valence-electron chi connectivity index (χ0n) is 14.6. The van der Waals surface area contributed by atoms with E-state index in [2.05, 4.69) is 10.3 Å². The quantitative estimate of drug-likeness (QED) is 0.718. The Morgan fingerprint density at radius 2 is 1.85 bits per heavy atom. The maximum atomic E-state index is 12.5. The van der Waals surface area contributed by atoms with Crippen molar-refractivity contribution in [3.63, 3.8) is 0 Å². The van der Waals surface area contributed by atoms with Gasteiger partial charge in [0.2, 0.25) is 0 Å². The van der Waals surface area contributed by atoms with Crippen LogP contribution in [0.2, 0.25) is 0 Å². The molecule has 0 fully saturated rings. The summed E-state index contributed by atoms with van der Waals surface area (Å²) in [7, 11) is 1.33. The van der Waals surface area contributed by atoms with E-state index in [1.165, 1.54) is 7.11 Å². The van der Waals surface area contributed by atoms with Crippen molar-refractivity contribution in [2.75, 3.05) is 12.4 Å². The predicted molar refractivity (Wildman–Crippen MR) is 98.2 cm³/mol. The highest BCUT2D eigenvalue weighted by Crippen LogP contribution is 2.19. The number of benzene rings is 2. The third kappa shape index (κ3) is 3.97. The largest absolute Gasteiger partial charge is 0.465 e. The SMILES string of the molecule is COC(=O)c1ccc(C)c(NC(=O)c2ccc(Cn3ccnc3)cc2)c1. The highest BCUT2D eigenvalue weighted by molar-refractivity contribution is 6.05. The third-order valence-electron chi connectivity index (χ3n) is 4.05. The molecule has 0 aliphatic carbocycles. The summed E-state index contributed by atoms with van der Waals surface area (Å²) in [5.41, 5.74) is 3.46.